The van der Waals surface area contributed by atoms with E-state index < -0.39 is 0 Å². The van der Waals surface area contributed by atoms with Crippen LogP contribution in [0.3, 0.4) is 0 Å². The van der Waals surface area contributed by atoms with Gasteiger partial charge in [-0.25, -0.2) is 0 Å². The van der Waals surface area contributed by atoms with Crippen LogP contribution in [0.15, 0.2) is 16.0 Å². The third kappa shape index (κ3) is 1.60. The molecule has 0 aliphatic carbocycles. The van der Waals surface area contributed by atoms with Crippen molar-refractivity contribution < 1.29 is 9.26 Å². The number of aromatic nitrogens is 2. The van der Waals surface area contributed by atoms with Gasteiger partial charge in [-0.05, 0) is 24.3 Å². The third-order valence-corrected chi connectivity index (χ3v) is 3.33. The molecule has 0 saturated carbocycles. The van der Waals surface area contributed by atoms with Gasteiger partial charge in [0.25, 0.3) is 5.89 Å². The van der Waals surface area contributed by atoms with Crippen LogP contribution >= 0.6 is 11.3 Å². The second kappa shape index (κ2) is 3.88. The first-order chi connectivity index (χ1) is 7.84. The summed E-state index contributed by atoms with van der Waals surface area (Å²) in [4.78, 5) is 4.32. The minimum Gasteiger partial charge on any atom is -0.390 e. The Morgan fingerprint density at radius 3 is 3.12 bits per heavy atom. The standard InChI is InChI=1S/C10H11N3O2S/c11-8-6(3-5-16-8)10-12-9(13-15-10)7-2-1-4-14-7/h3,5,7H,1-2,4,11H2. The van der Waals surface area contributed by atoms with Crippen molar-refractivity contribution in [3.63, 3.8) is 0 Å². The van der Waals surface area contributed by atoms with Crippen molar-refractivity contribution >= 4 is 16.3 Å². The Balaban J connectivity index is 1.90. The number of nitrogens with zero attached hydrogens (tertiary/aromatic N) is 2. The zero-order valence-corrected chi connectivity index (χ0v) is 9.37. The monoisotopic (exact) mass is 237 g/mol. The molecule has 3 rings (SSSR count). The van der Waals surface area contributed by atoms with Crippen molar-refractivity contribution in [3.05, 3.63) is 17.3 Å². The van der Waals surface area contributed by atoms with E-state index in [1.807, 2.05) is 11.4 Å². The molecule has 0 spiro atoms. The van der Waals surface area contributed by atoms with Crippen LogP contribution in [0, 0.1) is 0 Å². The number of rotatable bonds is 2. The lowest BCUT2D eigenvalue weighted by Gasteiger charge is -2.00. The van der Waals surface area contributed by atoms with Crippen LogP contribution in [0.2, 0.25) is 0 Å². The first kappa shape index (κ1) is 9.80. The average Bonchev–Trinajstić information content (AvgIpc) is 2.96. The van der Waals surface area contributed by atoms with Gasteiger partial charge in [0.15, 0.2) is 0 Å². The quantitative estimate of drug-likeness (QED) is 0.866. The average molecular weight is 237 g/mol. The molecule has 1 aliphatic rings. The van der Waals surface area contributed by atoms with Gasteiger partial charge in [0, 0.05) is 6.61 Å². The van der Waals surface area contributed by atoms with Crippen LogP contribution in [0.4, 0.5) is 5.00 Å². The summed E-state index contributed by atoms with van der Waals surface area (Å²) in [5.41, 5.74) is 6.60. The summed E-state index contributed by atoms with van der Waals surface area (Å²) in [7, 11) is 0. The number of thiophene rings is 1. The fourth-order valence-electron chi connectivity index (χ4n) is 1.75. The minimum absolute atomic E-state index is 0.0163. The molecule has 2 aromatic rings. The van der Waals surface area contributed by atoms with E-state index in [4.69, 9.17) is 15.0 Å². The molecular formula is C10H11N3O2S. The molecule has 0 aromatic carbocycles. The van der Waals surface area contributed by atoms with Gasteiger partial charge >= 0.3 is 0 Å². The van der Waals surface area contributed by atoms with Gasteiger partial charge in [0.2, 0.25) is 5.82 Å². The zero-order chi connectivity index (χ0) is 11.0. The fraction of sp³-hybridized carbons (Fsp3) is 0.400. The molecular weight excluding hydrogens is 226 g/mol. The van der Waals surface area contributed by atoms with Crippen LogP contribution in [-0.4, -0.2) is 16.7 Å². The van der Waals surface area contributed by atoms with Crippen molar-refractivity contribution in [2.24, 2.45) is 0 Å². The minimum atomic E-state index is -0.0163. The summed E-state index contributed by atoms with van der Waals surface area (Å²) in [6.45, 7) is 0.773. The second-order valence-corrected chi connectivity index (χ2v) is 4.61. The highest BCUT2D eigenvalue weighted by Gasteiger charge is 2.24. The van der Waals surface area contributed by atoms with Crippen LogP contribution in [0.25, 0.3) is 11.5 Å². The number of anilines is 1. The fourth-order valence-corrected chi connectivity index (χ4v) is 2.39. The predicted octanol–water partition coefficient (Wildman–Crippen LogP) is 2.23. The van der Waals surface area contributed by atoms with Gasteiger partial charge in [-0.1, -0.05) is 5.16 Å². The van der Waals surface area contributed by atoms with Crippen LogP contribution in [-0.2, 0) is 4.74 Å². The van der Waals surface area contributed by atoms with Crippen LogP contribution < -0.4 is 5.73 Å². The van der Waals surface area contributed by atoms with E-state index >= 15 is 0 Å². The topological polar surface area (TPSA) is 74.2 Å². The number of nitrogen functional groups attached to an aromatic ring is 1. The van der Waals surface area contributed by atoms with E-state index in [2.05, 4.69) is 10.1 Å². The molecule has 16 heavy (non-hydrogen) atoms. The lowest BCUT2D eigenvalue weighted by atomic mass is 10.2. The molecule has 6 heteroatoms. The summed E-state index contributed by atoms with van der Waals surface area (Å²) in [6.07, 6.45) is 1.99. The molecule has 1 saturated heterocycles. The summed E-state index contributed by atoms with van der Waals surface area (Å²) < 4.78 is 10.7. The SMILES string of the molecule is Nc1sccc1-c1nc(C2CCCO2)no1. The molecule has 0 bridgehead atoms. The normalized spacial score (nSPS) is 20.4. The summed E-state index contributed by atoms with van der Waals surface area (Å²) in [5, 5.41) is 6.53. The zero-order valence-electron chi connectivity index (χ0n) is 8.55. The van der Waals surface area contributed by atoms with Crippen LogP contribution in [0.5, 0.6) is 0 Å². The maximum Gasteiger partial charge on any atom is 0.261 e. The molecule has 3 heterocycles. The molecule has 1 unspecified atom stereocenters. The van der Waals surface area contributed by atoms with Crippen LogP contribution in [0.1, 0.15) is 24.8 Å². The second-order valence-electron chi connectivity index (χ2n) is 3.66. The van der Waals surface area contributed by atoms with E-state index in [0.717, 1.165) is 25.0 Å². The number of ether oxygens (including phenoxy) is 1. The van der Waals surface area contributed by atoms with Gasteiger partial charge < -0.3 is 15.0 Å². The third-order valence-electron chi connectivity index (χ3n) is 2.58. The Bertz CT molecular complexity index is 488. The molecule has 84 valence electrons. The smallest absolute Gasteiger partial charge is 0.261 e. The van der Waals surface area contributed by atoms with Crippen molar-refractivity contribution in [2.45, 2.75) is 18.9 Å². The van der Waals surface area contributed by atoms with Gasteiger partial charge in [0.05, 0.1) is 10.6 Å². The highest BCUT2D eigenvalue weighted by molar-refractivity contribution is 7.14. The predicted molar refractivity (Wildman–Crippen MR) is 60.0 cm³/mol. The largest absolute Gasteiger partial charge is 0.390 e. The Morgan fingerprint density at radius 1 is 1.50 bits per heavy atom. The number of hydrogen-bond acceptors (Lipinski definition) is 6. The Hall–Kier alpha value is -1.40. The molecule has 1 atom stereocenters. The van der Waals surface area contributed by atoms with Crippen molar-refractivity contribution in [1.82, 2.24) is 10.1 Å². The first-order valence-corrected chi connectivity index (χ1v) is 6.01. The van der Waals surface area contributed by atoms with E-state index in [9.17, 15) is 0 Å². The first-order valence-electron chi connectivity index (χ1n) is 5.13. The van der Waals surface area contributed by atoms with Crippen molar-refractivity contribution in [3.8, 4) is 11.5 Å². The molecule has 5 nitrogen and oxygen atoms in total. The molecule has 0 amide bonds. The summed E-state index contributed by atoms with van der Waals surface area (Å²) in [6, 6.07) is 1.88. The Labute approximate surface area is 96.2 Å². The molecule has 1 fully saturated rings. The number of nitrogens with two attached hydrogens (primary N) is 1. The van der Waals surface area contributed by atoms with Gasteiger partial charge in [0.1, 0.15) is 6.10 Å². The van der Waals surface area contributed by atoms with E-state index in [0.29, 0.717) is 16.7 Å². The van der Waals surface area contributed by atoms with E-state index in [-0.39, 0.29) is 6.10 Å². The van der Waals surface area contributed by atoms with Gasteiger partial charge in [-0.15, -0.1) is 11.3 Å². The molecule has 2 N–H and O–H groups in total. The lowest BCUT2D eigenvalue weighted by Crippen LogP contribution is -1.97. The maximum absolute atomic E-state index is 5.79. The van der Waals surface area contributed by atoms with Gasteiger partial charge in [-0.2, -0.15) is 4.98 Å². The Morgan fingerprint density at radius 2 is 2.44 bits per heavy atom. The lowest BCUT2D eigenvalue weighted by molar-refractivity contribution is 0.103. The maximum atomic E-state index is 5.79. The number of hydrogen-bond donors (Lipinski definition) is 1. The molecule has 1 aliphatic heterocycles. The van der Waals surface area contributed by atoms with Gasteiger partial charge in [-0.3, -0.25) is 0 Å². The van der Waals surface area contributed by atoms with E-state index in [1.165, 1.54) is 11.3 Å². The highest BCUT2D eigenvalue weighted by Crippen LogP contribution is 2.32. The Kier molecular flexibility index (Phi) is 2.37. The highest BCUT2D eigenvalue weighted by atomic mass is 32.1. The molecule has 0 radical (unpaired) electrons. The summed E-state index contributed by atoms with van der Waals surface area (Å²) in [5.74, 6) is 1.10. The van der Waals surface area contributed by atoms with Crippen molar-refractivity contribution in [2.75, 3.05) is 12.3 Å². The molecule has 2 aromatic heterocycles. The van der Waals surface area contributed by atoms with E-state index in [1.54, 1.807) is 0 Å². The summed E-state index contributed by atoms with van der Waals surface area (Å²) >= 11 is 1.46. The van der Waals surface area contributed by atoms with Crippen molar-refractivity contribution in [1.29, 1.82) is 0 Å².